The summed E-state index contributed by atoms with van der Waals surface area (Å²) in [6.45, 7) is 2.22. The molecule has 1 atom stereocenters. The molecule has 0 amide bonds. The van der Waals surface area contributed by atoms with Gasteiger partial charge in [-0.1, -0.05) is 18.2 Å². The highest BCUT2D eigenvalue weighted by Gasteiger charge is 2.07. The van der Waals surface area contributed by atoms with Crippen molar-refractivity contribution in [1.29, 1.82) is 0 Å². The molecule has 0 aliphatic rings. The summed E-state index contributed by atoms with van der Waals surface area (Å²) in [5.74, 6) is -1.15. The molecule has 2 aromatic carbocycles. The van der Waals surface area contributed by atoms with Crippen LogP contribution in [0, 0.1) is 11.6 Å². The average molecular weight is 282 g/mol. The highest BCUT2D eigenvalue weighted by molar-refractivity contribution is 6.21. The molecule has 1 unspecified atom stereocenters. The van der Waals surface area contributed by atoms with Crippen LogP contribution in [0.2, 0.25) is 0 Å². The van der Waals surface area contributed by atoms with Crippen LogP contribution in [-0.2, 0) is 6.54 Å². The third kappa shape index (κ3) is 3.67. The van der Waals surface area contributed by atoms with E-state index in [-0.39, 0.29) is 5.38 Å². The first-order chi connectivity index (χ1) is 9.06. The number of anilines is 1. The summed E-state index contributed by atoms with van der Waals surface area (Å²) in [6.07, 6.45) is 0. The maximum Gasteiger partial charge on any atom is 0.126 e. The number of alkyl halides is 1. The molecule has 0 fully saturated rings. The minimum Gasteiger partial charge on any atom is -0.381 e. The standard InChI is InChI=1S/C15H14ClF2N/c1-10(16)14-4-2-3-5-15(14)19-9-11-6-12(17)8-13(18)7-11/h2-8,10,19H,9H2,1H3. The zero-order valence-electron chi connectivity index (χ0n) is 10.5. The van der Waals surface area contributed by atoms with E-state index < -0.39 is 11.6 Å². The highest BCUT2D eigenvalue weighted by Crippen LogP contribution is 2.27. The molecule has 2 rings (SSSR count). The lowest BCUT2D eigenvalue weighted by molar-refractivity contribution is 0.580. The second-order valence-electron chi connectivity index (χ2n) is 4.33. The van der Waals surface area contributed by atoms with Crippen LogP contribution in [0.3, 0.4) is 0 Å². The number of halogens is 3. The fourth-order valence-electron chi connectivity index (χ4n) is 1.92. The van der Waals surface area contributed by atoms with E-state index in [4.69, 9.17) is 11.6 Å². The Morgan fingerprint density at radius 2 is 1.74 bits per heavy atom. The molecule has 1 N–H and O–H groups in total. The van der Waals surface area contributed by atoms with Crippen molar-refractivity contribution >= 4 is 17.3 Å². The van der Waals surface area contributed by atoms with Gasteiger partial charge in [-0.05, 0) is 36.2 Å². The third-order valence-electron chi connectivity index (χ3n) is 2.79. The van der Waals surface area contributed by atoms with Crippen LogP contribution >= 0.6 is 11.6 Å². The molecule has 0 radical (unpaired) electrons. The largest absolute Gasteiger partial charge is 0.381 e. The van der Waals surface area contributed by atoms with Crippen molar-refractivity contribution < 1.29 is 8.78 Å². The van der Waals surface area contributed by atoms with Crippen molar-refractivity contribution in [2.75, 3.05) is 5.32 Å². The highest BCUT2D eigenvalue weighted by atomic mass is 35.5. The molecule has 4 heteroatoms. The van der Waals surface area contributed by atoms with E-state index >= 15 is 0 Å². The number of nitrogens with one attached hydrogen (secondary N) is 1. The molecule has 0 saturated carbocycles. The van der Waals surface area contributed by atoms with E-state index in [0.717, 1.165) is 17.3 Å². The van der Waals surface area contributed by atoms with Crippen molar-refractivity contribution in [3.8, 4) is 0 Å². The first-order valence-electron chi connectivity index (χ1n) is 5.98. The van der Waals surface area contributed by atoms with Gasteiger partial charge in [-0.2, -0.15) is 0 Å². The molecule has 100 valence electrons. The average Bonchev–Trinajstić information content (AvgIpc) is 2.35. The van der Waals surface area contributed by atoms with Gasteiger partial charge in [0.15, 0.2) is 0 Å². The van der Waals surface area contributed by atoms with Crippen LogP contribution in [0.4, 0.5) is 14.5 Å². The number of benzene rings is 2. The molecule has 0 bridgehead atoms. The minimum atomic E-state index is -0.573. The molecule has 2 aromatic rings. The lowest BCUT2D eigenvalue weighted by Crippen LogP contribution is -2.03. The topological polar surface area (TPSA) is 12.0 Å². The molecular formula is C15H14ClF2N. The molecule has 19 heavy (non-hydrogen) atoms. The predicted octanol–water partition coefficient (Wildman–Crippen LogP) is 4.88. The first-order valence-corrected chi connectivity index (χ1v) is 6.42. The number of hydrogen-bond donors (Lipinski definition) is 1. The van der Waals surface area contributed by atoms with Crippen molar-refractivity contribution in [3.05, 3.63) is 65.2 Å². The van der Waals surface area contributed by atoms with E-state index in [1.54, 1.807) is 0 Å². The Balaban J connectivity index is 2.14. The van der Waals surface area contributed by atoms with Gasteiger partial charge in [0, 0.05) is 18.3 Å². The van der Waals surface area contributed by atoms with Gasteiger partial charge < -0.3 is 5.32 Å². The summed E-state index contributed by atoms with van der Waals surface area (Å²) in [5.41, 5.74) is 2.38. The summed E-state index contributed by atoms with van der Waals surface area (Å²) in [7, 11) is 0. The third-order valence-corrected chi connectivity index (χ3v) is 3.03. The maximum atomic E-state index is 13.1. The van der Waals surface area contributed by atoms with Crippen LogP contribution < -0.4 is 5.32 Å². The van der Waals surface area contributed by atoms with Gasteiger partial charge in [-0.15, -0.1) is 11.6 Å². The van der Waals surface area contributed by atoms with Crippen LogP contribution in [0.25, 0.3) is 0 Å². The van der Waals surface area contributed by atoms with Gasteiger partial charge in [-0.25, -0.2) is 8.78 Å². The molecule has 0 saturated heterocycles. The molecular weight excluding hydrogens is 268 g/mol. The molecule has 0 aliphatic carbocycles. The van der Waals surface area contributed by atoms with Crippen LogP contribution in [0.1, 0.15) is 23.4 Å². The van der Waals surface area contributed by atoms with Crippen molar-refractivity contribution in [3.63, 3.8) is 0 Å². The summed E-state index contributed by atoms with van der Waals surface area (Å²) < 4.78 is 26.1. The monoisotopic (exact) mass is 281 g/mol. The molecule has 0 aliphatic heterocycles. The van der Waals surface area contributed by atoms with Gasteiger partial charge in [0.25, 0.3) is 0 Å². The van der Waals surface area contributed by atoms with E-state index in [9.17, 15) is 8.78 Å². The van der Waals surface area contributed by atoms with E-state index in [1.807, 2.05) is 31.2 Å². The molecule has 0 heterocycles. The Morgan fingerprint density at radius 3 is 2.37 bits per heavy atom. The SMILES string of the molecule is CC(Cl)c1ccccc1NCc1cc(F)cc(F)c1. The lowest BCUT2D eigenvalue weighted by atomic mass is 10.1. The lowest BCUT2D eigenvalue weighted by Gasteiger charge is -2.13. The molecule has 0 aromatic heterocycles. The molecule has 1 nitrogen and oxygen atoms in total. The zero-order chi connectivity index (χ0) is 13.8. The number of hydrogen-bond acceptors (Lipinski definition) is 1. The Hall–Kier alpha value is -1.61. The van der Waals surface area contributed by atoms with Crippen LogP contribution in [0.15, 0.2) is 42.5 Å². The summed E-state index contributed by atoms with van der Waals surface area (Å²) in [6, 6.07) is 11.1. The predicted molar refractivity (Wildman–Crippen MR) is 74.4 cm³/mol. The second kappa shape index (κ2) is 6.02. The smallest absolute Gasteiger partial charge is 0.126 e. The van der Waals surface area contributed by atoms with Gasteiger partial charge in [0.2, 0.25) is 0 Å². The van der Waals surface area contributed by atoms with Gasteiger partial charge in [-0.3, -0.25) is 0 Å². The van der Waals surface area contributed by atoms with Crippen LogP contribution in [0.5, 0.6) is 0 Å². The quantitative estimate of drug-likeness (QED) is 0.788. The number of para-hydroxylation sites is 1. The summed E-state index contributed by atoms with van der Waals surface area (Å²) in [5, 5.41) is 3.02. The first kappa shape index (κ1) is 13.8. The number of rotatable bonds is 4. The maximum absolute atomic E-state index is 13.1. The Bertz CT molecular complexity index is 550. The van der Waals surface area contributed by atoms with Crippen LogP contribution in [-0.4, -0.2) is 0 Å². The Morgan fingerprint density at radius 1 is 1.11 bits per heavy atom. The summed E-state index contributed by atoms with van der Waals surface area (Å²) in [4.78, 5) is 0. The fourth-order valence-corrected chi connectivity index (χ4v) is 2.11. The molecule has 0 spiro atoms. The van der Waals surface area contributed by atoms with E-state index in [1.165, 1.54) is 12.1 Å². The Labute approximate surface area is 116 Å². The Kier molecular flexibility index (Phi) is 4.38. The van der Waals surface area contributed by atoms with E-state index in [0.29, 0.717) is 12.1 Å². The van der Waals surface area contributed by atoms with Crippen molar-refractivity contribution in [2.24, 2.45) is 0 Å². The van der Waals surface area contributed by atoms with Gasteiger partial charge in [0.1, 0.15) is 11.6 Å². The van der Waals surface area contributed by atoms with E-state index in [2.05, 4.69) is 5.32 Å². The zero-order valence-corrected chi connectivity index (χ0v) is 11.2. The van der Waals surface area contributed by atoms with Crippen molar-refractivity contribution in [1.82, 2.24) is 0 Å². The normalized spacial score (nSPS) is 12.2. The fraction of sp³-hybridized carbons (Fsp3) is 0.200. The van der Waals surface area contributed by atoms with Gasteiger partial charge in [0.05, 0.1) is 5.38 Å². The minimum absolute atomic E-state index is 0.132. The van der Waals surface area contributed by atoms with Gasteiger partial charge >= 0.3 is 0 Å². The second-order valence-corrected chi connectivity index (χ2v) is 4.99. The van der Waals surface area contributed by atoms with Crippen molar-refractivity contribution in [2.45, 2.75) is 18.8 Å². The summed E-state index contributed by atoms with van der Waals surface area (Å²) >= 11 is 6.08.